The molecule has 0 spiro atoms. The van der Waals surface area contributed by atoms with E-state index < -0.39 is 11.9 Å². The van der Waals surface area contributed by atoms with Gasteiger partial charge in [0.25, 0.3) is 11.8 Å². The van der Waals surface area contributed by atoms with E-state index in [2.05, 4.69) is 15.4 Å². The summed E-state index contributed by atoms with van der Waals surface area (Å²) in [6, 6.07) is 19.4. The molecule has 3 rings (SSSR count). The van der Waals surface area contributed by atoms with Crippen molar-refractivity contribution in [3.05, 3.63) is 88.5 Å². The second kappa shape index (κ2) is 12.8. The maximum absolute atomic E-state index is 12.5. The lowest BCUT2D eigenvalue weighted by Gasteiger charge is -2.10. The number of esters is 1. The molecule has 0 heterocycles. The highest BCUT2D eigenvalue weighted by Crippen LogP contribution is 2.27. The average molecular weight is 520 g/mol. The van der Waals surface area contributed by atoms with Gasteiger partial charge in [-0.25, -0.2) is 4.79 Å². The van der Waals surface area contributed by atoms with Gasteiger partial charge in [0, 0.05) is 11.4 Å². The number of methoxy groups -OCH3 is 2. The number of rotatable bonds is 9. The van der Waals surface area contributed by atoms with Crippen LogP contribution in [0.4, 0.5) is 11.4 Å². The van der Waals surface area contributed by atoms with Crippen LogP contribution in [-0.4, -0.2) is 38.6 Å². The number of nitriles is 1. The molecule has 0 radical (unpaired) electrons. The third kappa shape index (κ3) is 7.59. The number of benzene rings is 3. The Hall–Kier alpha value is -4.81. The number of carbonyl (C=O) groups excluding carboxylic acids is 3. The van der Waals surface area contributed by atoms with E-state index in [4.69, 9.17) is 21.1 Å². The minimum atomic E-state index is -0.639. The Morgan fingerprint density at radius 2 is 1.59 bits per heavy atom. The van der Waals surface area contributed by atoms with Crippen molar-refractivity contribution in [2.75, 3.05) is 31.5 Å². The van der Waals surface area contributed by atoms with Gasteiger partial charge < -0.3 is 24.8 Å². The van der Waals surface area contributed by atoms with Crippen molar-refractivity contribution >= 4 is 46.8 Å². The molecule has 0 saturated heterocycles. The number of nitrogens with zero attached hydrogens (tertiary/aromatic N) is 1. The Morgan fingerprint density at radius 3 is 2.19 bits per heavy atom. The molecule has 0 aliphatic rings. The molecule has 3 aromatic rings. The largest absolute Gasteiger partial charge is 0.497 e. The van der Waals surface area contributed by atoms with E-state index in [1.54, 1.807) is 37.4 Å². The second-order valence-electron chi connectivity index (χ2n) is 7.45. The first-order chi connectivity index (χ1) is 17.8. The van der Waals surface area contributed by atoms with Crippen LogP contribution in [0.25, 0.3) is 6.08 Å². The summed E-state index contributed by atoms with van der Waals surface area (Å²) in [6.45, 7) is -0.276. The lowest BCUT2D eigenvalue weighted by atomic mass is 10.1. The third-order valence-corrected chi connectivity index (χ3v) is 5.22. The summed E-state index contributed by atoms with van der Waals surface area (Å²) >= 11 is 6.27. The molecule has 0 unspecified atom stereocenters. The standard InChI is InChI=1S/C27H22ClN3O6/c1-35-22-10-8-20(9-11-22)30-25(32)16-37-24-12-3-17(14-23(24)28)13-19(15-29)26(33)31-21-6-4-18(5-7-21)27(34)36-2/h3-14H,16H2,1-2H3,(H,30,32)(H,31,33)/b19-13-. The van der Waals surface area contributed by atoms with E-state index in [0.29, 0.717) is 28.3 Å². The Labute approximate surface area is 218 Å². The molecular formula is C27H22ClN3O6. The minimum absolute atomic E-state index is 0.166. The molecule has 9 nitrogen and oxygen atoms in total. The predicted molar refractivity (Wildman–Crippen MR) is 139 cm³/mol. The zero-order chi connectivity index (χ0) is 26.8. The highest BCUT2D eigenvalue weighted by molar-refractivity contribution is 6.32. The number of carbonyl (C=O) groups is 3. The maximum atomic E-state index is 12.5. The summed E-state index contributed by atoms with van der Waals surface area (Å²) in [5.41, 5.74) is 1.62. The van der Waals surface area contributed by atoms with Gasteiger partial charge in [0.05, 0.1) is 24.8 Å². The number of amides is 2. The number of halogens is 1. The van der Waals surface area contributed by atoms with Gasteiger partial charge in [-0.3, -0.25) is 9.59 Å². The summed E-state index contributed by atoms with van der Waals surface area (Å²) < 4.78 is 15.2. The van der Waals surface area contributed by atoms with Gasteiger partial charge in [0.1, 0.15) is 23.1 Å². The zero-order valence-electron chi connectivity index (χ0n) is 19.9. The van der Waals surface area contributed by atoms with Gasteiger partial charge in [-0.05, 0) is 72.3 Å². The fourth-order valence-electron chi connectivity index (χ4n) is 3.06. The highest BCUT2D eigenvalue weighted by atomic mass is 35.5. The molecule has 0 fully saturated rings. The number of hydrogen-bond acceptors (Lipinski definition) is 7. The molecule has 0 bridgehead atoms. The molecule has 0 saturated carbocycles. The van der Waals surface area contributed by atoms with Crippen LogP contribution in [0.2, 0.25) is 5.02 Å². The Bertz CT molecular complexity index is 1360. The molecule has 37 heavy (non-hydrogen) atoms. The summed E-state index contributed by atoms with van der Waals surface area (Å²) in [4.78, 5) is 36.2. The topological polar surface area (TPSA) is 127 Å². The zero-order valence-corrected chi connectivity index (χ0v) is 20.7. The average Bonchev–Trinajstić information content (AvgIpc) is 2.91. The first-order valence-electron chi connectivity index (χ1n) is 10.8. The van der Waals surface area contributed by atoms with Crippen LogP contribution in [0, 0.1) is 11.3 Å². The maximum Gasteiger partial charge on any atom is 0.337 e. The molecule has 10 heteroatoms. The van der Waals surface area contributed by atoms with Crippen molar-refractivity contribution in [3.63, 3.8) is 0 Å². The van der Waals surface area contributed by atoms with Crippen LogP contribution in [0.3, 0.4) is 0 Å². The minimum Gasteiger partial charge on any atom is -0.497 e. The van der Waals surface area contributed by atoms with E-state index in [9.17, 15) is 19.6 Å². The smallest absolute Gasteiger partial charge is 0.337 e. The van der Waals surface area contributed by atoms with Crippen LogP contribution in [-0.2, 0) is 14.3 Å². The van der Waals surface area contributed by atoms with Gasteiger partial charge in [0.2, 0.25) is 0 Å². The molecular weight excluding hydrogens is 498 g/mol. The van der Waals surface area contributed by atoms with E-state index in [1.807, 2.05) is 6.07 Å². The second-order valence-corrected chi connectivity index (χ2v) is 7.86. The molecule has 188 valence electrons. The third-order valence-electron chi connectivity index (χ3n) is 4.93. The summed E-state index contributed by atoms with van der Waals surface area (Å²) in [5, 5.41) is 14.9. The van der Waals surface area contributed by atoms with Crippen LogP contribution in [0.15, 0.2) is 72.3 Å². The first-order valence-corrected chi connectivity index (χ1v) is 11.2. The van der Waals surface area contributed by atoms with E-state index in [-0.39, 0.29) is 28.9 Å². The Kier molecular flexibility index (Phi) is 9.24. The number of ether oxygens (including phenoxy) is 3. The quantitative estimate of drug-likeness (QED) is 0.238. The molecule has 0 aliphatic carbocycles. The van der Waals surface area contributed by atoms with Crippen LogP contribution in [0.1, 0.15) is 15.9 Å². The molecule has 0 aromatic heterocycles. The molecule has 3 aromatic carbocycles. The fraction of sp³-hybridized carbons (Fsp3) is 0.111. The SMILES string of the molecule is COC(=O)c1ccc(NC(=O)/C(C#N)=C\c2ccc(OCC(=O)Nc3ccc(OC)cc3)c(Cl)c2)cc1. The van der Waals surface area contributed by atoms with Gasteiger partial charge in [0.15, 0.2) is 6.61 Å². The van der Waals surface area contributed by atoms with Crippen molar-refractivity contribution in [3.8, 4) is 17.6 Å². The fourth-order valence-corrected chi connectivity index (χ4v) is 3.30. The lowest BCUT2D eigenvalue weighted by molar-refractivity contribution is -0.118. The van der Waals surface area contributed by atoms with Gasteiger partial charge >= 0.3 is 5.97 Å². The predicted octanol–water partition coefficient (Wildman–Crippen LogP) is 4.70. The van der Waals surface area contributed by atoms with Crippen molar-refractivity contribution in [1.29, 1.82) is 5.26 Å². The number of anilines is 2. The first kappa shape index (κ1) is 26.8. The molecule has 0 aliphatic heterocycles. The molecule has 2 N–H and O–H groups in total. The molecule has 2 amide bonds. The van der Waals surface area contributed by atoms with Crippen molar-refractivity contribution < 1.29 is 28.6 Å². The summed E-state index contributed by atoms with van der Waals surface area (Å²) in [7, 11) is 2.82. The summed E-state index contributed by atoms with van der Waals surface area (Å²) in [6.07, 6.45) is 1.37. The van der Waals surface area contributed by atoms with Crippen LogP contribution < -0.4 is 20.1 Å². The highest BCUT2D eigenvalue weighted by Gasteiger charge is 2.12. The van der Waals surface area contributed by atoms with Crippen LogP contribution in [0.5, 0.6) is 11.5 Å². The summed E-state index contributed by atoms with van der Waals surface area (Å²) in [5.74, 6) is -0.593. The van der Waals surface area contributed by atoms with Gasteiger partial charge in [-0.15, -0.1) is 0 Å². The van der Waals surface area contributed by atoms with Gasteiger partial charge in [-0.2, -0.15) is 5.26 Å². The number of nitrogens with one attached hydrogen (secondary N) is 2. The monoisotopic (exact) mass is 519 g/mol. The lowest BCUT2D eigenvalue weighted by Crippen LogP contribution is -2.20. The molecule has 0 atom stereocenters. The van der Waals surface area contributed by atoms with Crippen molar-refractivity contribution in [1.82, 2.24) is 0 Å². The van der Waals surface area contributed by atoms with E-state index in [1.165, 1.54) is 49.6 Å². The number of hydrogen-bond donors (Lipinski definition) is 2. The van der Waals surface area contributed by atoms with Crippen molar-refractivity contribution in [2.24, 2.45) is 0 Å². The van der Waals surface area contributed by atoms with E-state index in [0.717, 1.165) is 0 Å². The Morgan fingerprint density at radius 1 is 0.946 bits per heavy atom. The Balaban J connectivity index is 1.60. The van der Waals surface area contributed by atoms with Crippen molar-refractivity contribution in [2.45, 2.75) is 0 Å². The van der Waals surface area contributed by atoms with Gasteiger partial charge in [-0.1, -0.05) is 17.7 Å². The van der Waals surface area contributed by atoms with E-state index >= 15 is 0 Å². The van der Waals surface area contributed by atoms with Crippen LogP contribution >= 0.6 is 11.6 Å². The normalized spacial score (nSPS) is 10.6.